The van der Waals surface area contributed by atoms with Crippen molar-refractivity contribution < 1.29 is 4.79 Å². The molecule has 0 aliphatic carbocycles. The molecule has 1 aromatic heterocycles. The minimum Gasteiger partial charge on any atom is -0.349 e. The summed E-state index contributed by atoms with van der Waals surface area (Å²) in [7, 11) is 0. The summed E-state index contributed by atoms with van der Waals surface area (Å²) in [5, 5.41) is 3.78. The first kappa shape index (κ1) is 10.7. The van der Waals surface area contributed by atoms with Gasteiger partial charge in [0, 0.05) is 11.4 Å². The molecule has 0 aliphatic heterocycles. The van der Waals surface area contributed by atoms with Gasteiger partial charge in [0.25, 0.3) is 5.91 Å². The van der Waals surface area contributed by atoms with Crippen molar-refractivity contribution >= 4 is 33.2 Å². The summed E-state index contributed by atoms with van der Waals surface area (Å²) in [4.78, 5) is 15.9. The molecule has 3 nitrogen and oxygen atoms in total. The van der Waals surface area contributed by atoms with Gasteiger partial charge < -0.3 is 5.32 Å². The number of alkyl halides is 1. The highest BCUT2D eigenvalue weighted by molar-refractivity contribution is 9.09. The number of rotatable bonds is 4. The summed E-state index contributed by atoms with van der Waals surface area (Å²) >= 11 is 4.68. The standard InChI is InChI=1S/C8H11BrN2OS/c1-6(2-3-9)11-8(12)7-4-10-5-13-7/h4-6H,2-3H2,1H3,(H,11,12). The monoisotopic (exact) mass is 262 g/mol. The SMILES string of the molecule is CC(CCBr)NC(=O)c1cncs1. The highest BCUT2D eigenvalue weighted by Crippen LogP contribution is 2.05. The molecule has 72 valence electrons. The average molecular weight is 263 g/mol. The number of aromatic nitrogens is 1. The molecule has 1 aromatic rings. The maximum atomic E-state index is 11.4. The van der Waals surface area contributed by atoms with E-state index in [0.717, 1.165) is 11.8 Å². The lowest BCUT2D eigenvalue weighted by molar-refractivity contribution is 0.0943. The molecule has 1 rings (SSSR count). The summed E-state index contributed by atoms with van der Waals surface area (Å²) in [5.41, 5.74) is 1.66. The molecule has 1 heterocycles. The lowest BCUT2D eigenvalue weighted by Crippen LogP contribution is -2.32. The summed E-state index contributed by atoms with van der Waals surface area (Å²) in [6.07, 6.45) is 2.52. The summed E-state index contributed by atoms with van der Waals surface area (Å²) in [6.45, 7) is 1.99. The molecule has 0 radical (unpaired) electrons. The topological polar surface area (TPSA) is 42.0 Å². The van der Waals surface area contributed by atoms with E-state index in [9.17, 15) is 4.79 Å². The third kappa shape index (κ3) is 3.44. The van der Waals surface area contributed by atoms with E-state index in [-0.39, 0.29) is 11.9 Å². The second-order valence-corrected chi connectivity index (χ2v) is 4.40. The van der Waals surface area contributed by atoms with Crippen molar-refractivity contribution in [1.82, 2.24) is 10.3 Å². The molecule has 1 unspecified atom stereocenters. The van der Waals surface area contributed by atoms with Crippen molar-refractivity contribution in [3.8, 4) is 0 Å². The Morgan fingerprint density at radius 2 is 2.62 bits per heavy atom. The van der Waals surface area contributed by atoms with Gasteiger partial charge in [0.2, 0.25) is 0 Å². The van der Waals surface area contributed by atoms with Gasteiger partial charge in [-0.1, -0.05) is 15.9 Å². The molecular weight excluding hydrogens is 252 g/mol. The predicted molar refractivity (Wildman–Crippen MR) is 57.5 cm³/mol. The lowest BCUT2D eigenvalue weighted by atomic mass is 10.2. The molecule has 0 aliphatic rings. The van der Waals surface area contributed by atoms with Gasteiger partial charge in [-0.3, -0.25) is 9.78 Å². The Balaban J connectivity index is 2.42. The van der Waals surface area contributed by atoms with Crippen molar-refractivity contribution in [3.63, 3.8) is 0 Å². The molecule has 5 heteroatoms. The van der Waals surface area contributed by atoms with Gasteiger partial charge in [-0.25, -0.2) is 0 Å². The molecule has 1 N–H and O–H groups in total. The zero-order valence-electron chi connectivity index (χ0n) is 7.29. The fourth-order valence-corrected chi connectivity index (χ4v) is 2.07. The van der Waals surface area contributed by atoms with Crippen molar-refractivity contribution in [3.05, 3.63) is 16.6 Å². The fraction of sp³-hybridized carbons (Fsp3) is 0.500. The van der Waals surface area contributed by atoms with Crippen LogP contribution < -0.4 is 5.32 Å². The van der Waals surface area contributed by atoms with Crippen LogP contribution in [-0.4, -0.2) is 22.3 Å². The Morgan fingerprint density at radius 3 is 3.15 bits per heavy atom. The normalized spacial score (nSPS) is 12.5. The van der Waals surface area contributed by atoms with Crippen LogP contribution in [-0.2, 0) is 0 Å². The van der Waals surface area contributed by atoms with Crippen LogP contribution in [0.3, 0.4) is 0 Å². The van der Waals surface area contributed by atoms with Gasteiger partial charge >= 0.3 is 0 Å². The van der Waals surface area contributed by atoms with Crippen LogP contribution in [0.2, 0.25) is 0 Å². The van der Waals surface area contributed by atoms with E-state index in [4.69, 9.17) is 0 Å². The highest BCUT2D eigenvalue weighted by Gasteiger charge is 2.09. The molecule has 1 amide bonds. The number of carbonyl (C=O) groups is 1. The largest absolute Gasteiger partial charge is 0.349 e. The predicted octanol–water partition coefficient (Wildman–Crippen LogP) is 2.05. The third-order valence-electron chi connectivity index (χ3n) is 1.58. The zero-order valence-corrected chi connectivity index (χ0v) is 9.69. The molecule has 1 atom stereocenters. The maximum Gasteiger partial charge on any atom is 0.263 e. The first-order valence-electron chi connectivity index (χ1n) is 3.99. The summed E-state index contributed by atoms with van der Waals surface area (Å²) in [6, 6.07) is 0.203. The highest BCUT2D eigenvalue weighted by atomic mass is 79.9. The van der Waals surface area contributed by atoms with Crippen LogP contribution in [0.5, 0.6) is 0 Å². The average Bonchev–Trinajstić information content (AvgIpc) is 2.55. The van der Waals surface area contributed by atoms with E-state index < -0.39 is 0 Å². The number of hydrogen-bond acceptors (Lipinski definition) is 3. The zero-order chi connectivity index (χ0) is 9.68. The quantitative estimate of drug-likeness (QED) is 0.845. The number of halogens is 1. The van der Waals surface area contributed by atoms with Gasteiger partial charge in [-0.05, 0) is 13.3 Å². The second kappa shape index (κ2) is 5.34. The summed E-state index contributed by atoms with van der Waals surface area (Å²) in [5.74, 6) is -0.0315. The van der Waals surface area contributed by atoms with Crippen LogP contribution in [0.1, 0.15) is 23.0 Å². The molecule has 13 heavy (non-hydrogen) atoms. The minimum atomic E-state index is -0.0315. The minimum absolute atomic E-state index is 0.0315. The van der Waals surface area contributed by atoms with Gasteiger partial charge in [-0.2, -0.15) is 0 Å². The van der Waals surface area contributed by atoms with Crippen molar-refractivity contribution in [2.75, 3.05) is 5.33 Å². The summed E-state index contributed by atoms with van der Waals surface area (Å²) < 4.78 is 0. The molecular formula is C8H11BrN2OS. The Labute approximate surface area is 89.7 Å². The molecule has 0 spiro atoms. The van der Waals surface area contributed by atoms with Crippen molar-refractivity contribution in [2.45, 2.75) is 19.4 Å². The lowest BCUT2D eigenvalue weighted by Gasteiger charge is -2.10. The molecule has 0 saturated carbocycles. The van der Waals surface area contributed by atoms with Crippen LogP contribution in [0, 0.1) is 0 Å². The van der Waals surface area contributed by atoms with Gasteiger partial charge in [0.15, 0.2) is 0 Å². The number of thiazole rings is 1. The smallest absolute Gasteiger partial charge is 0.263 e. The van der Waals surface area contributed by atoms with Gasteiger partial charge in [-0.15, -0.1) is 11.3 Å². The molecule has 0 aromatic carbocycles. The van der Waals surface area contributed by atoms with Gasteiger partial charge in [0.05, 0.1) is 11.7 Å². The van der Waals surface area contributed by atoms with Crippen LogP contribution >= 0.6 is 27.3 Å². The number of carbonyl (C=O) groups excluding carboxylic acids is 1. The Morgan fingerprint density at radius 1 is 1.85 bits per heavy atom. The third-order valence-corrected chi connectivity index (χ3v) is 2.81. The maximum absolute atomic E-state index is 11.4. The number of hydrogen-bond donors (Lipinski definition) is 1. The Bertz CT molecular complexity index is 263. The number of nitrogens with one attached hydrogen (secondary N) is 1. The van der Waals surface area contributed by atoms with E-state index in [0.29, 0.717) is 4.88 Å². The fourth-order valence-electron chi connectivity index (χ4n) is 0.859. The number of nitrogens with zero attached hydrogens (tertiary/aromatic N) is 1. The molecule has 0 bridgehead atoms. The van der Waals surface area contributed by atoms with E-state index in [1.54, 1.807) is 11.7 Å². The molecule has 0 saturated heterocycles. The van der Waals surface area contributed by atoms with E-state index in [2.05, 4.69) is 26.2 Å². The van der Waals surface area contributed by atoms with Crippen LogP contribution in [0.15, 0.2) is 11.7 Å². The first-order valence-corrected chi connectivity index (χ1v) is 5.99. The Hall–Kier alpha value is -0.420. The van der Waals surface area contributed by atoms with E-state index in [1.807, 2.05) is 6.92 Å². The molecule has 0 fully saturated rings. The number of amides is 1. The second-order valence-electron chi connectivity index (χ2n) is 2.72. The van der Waals surface area contributed by atoms with E-state index in [1.165, 1.54) is 11.3 Å². The van der Waals surface area contributed by atoms with E-state index >= 15 is 0 Å². The Kier molecular flexibility index (Phi) is 4.38. The van der Waals surface area contributed by atoms with Crippen molar-refractivity contribution in [1.29, 1.82) is 0 Å². The van der Waals surface area contributed by atoms with Crippen molar-refractivity contribution in [2.24, 2.45) is 0 Å². The van der Waals surface area contributed by atoms with Crippen LogP contribution in [0.25, 0.3) is 0 Å². The first-order chi connectivity index (χ1) is 6.24. The van der Waals surface area contributed by atoms with Crippen LogP contribution in [0.4, 0.5) is 0 Å². The van der Waals surface area contributed by atoms with Gasteiger partial charge in [0.1, 0.15) is 4.88 Å².